The molecule has 0 saturated heterocycles. The van der Waals surface area contributed by atoms with Crippen LogP contribution in [0.4, 0.5) is 8.78 Å². The molecule has 0 amide bonds. The van der Waals surface area contributed by atoms with E-state index in [2.05, 4.69) is 15.9 Å². The predicted octanol–water partition coefficient (Wildman–Crippen LogP) is 2.89. The van der Waals surface area contributed by atoms with Crippen LogP contribution in [0.1, 0.15) is 6.42 Å². The molecule has 2 nitrogen and oxygen atoms in total. The molecule has 1 saturated carbocycles. The molecule has 0 radical (unpaired) electrons. The van der Waals surface area contributed by atoms with Gasteiger partial charge in [-0.3, -0.25) is 0 Å². The van der Waals surface area contributed by atoms with Crippen LogP contribution in [-0.4, -0.2) is 24.1 Å². The maximum atomic E-state index is 12.9. The van der Waals surface area contributed by atoms with E-state index in [-0.39, 0.29) is 22.8 Å². The first-order chi connectivity index (χ1) is 7.60. The van der Waals surface area contributed by atoms with E-state index in [4.69, 9.17) is 9.47 Å². The molecule has 0 heterocycles. The summed E-state index contributed by atoms with van der Waals surface area (Å²) < 4.78 is 36.4. The second kappa shape index (κ2) is 4.67. The fourth-order valence-corrected chi connectivity index (χ4v) is 2.64. The Bertz CT molecular complexity index is 366. The van der Waals surface area contributed by atoms with Crippen molar-refractivity contribution in [1.82, 2.24) is 0 Å². The van der Waals surface area contributed by atoms with Gasteiger partial charge in [-0.2, -0.15) is 0 Å². The maximum absolute atomic E-state index is 12.9. The third-order valence-corrected chi connectivity index (χ3v) is 3.47. The molecule has 0 aliphatic heterocycles. The molecule has 1 fully saturated rings. The van der Waals surface area contributed by atoms with Gasteiger partial charge in [-0.25, -0.2) is 8.78 Å². The Kier molecular flexibility index (Phi) is 3.44. The highest BCUT2D eigenvalue weighted by Gasteiger charge is 2.41. The predicted molar refractivity (Wildman–Crippen MR) is 58.9 cm³/mol. The molecular formula is C11H11BrF2O2. The number of alkyl halides is 1. The van der Waals surface area contributed by atoms with Crippen LogP contribution >= 0.6 is 15.9 Å². The van der Waals surface area contributed by atoms with E-state index in [0.29, 0.717) is 0 Å². The summed E-state index contributed by atoms with van der Waals surface area (Å²) in [6.07, 6.45) is 0.526. The molecule has 0 N–H and O–H groups in total. The second-order valence-electron chi connectivity index (χ2n) is 3.71. The van der Waals surface area contributed by atoms with Gasteiger partial charge in [0, 0.05) is 36.6 Å². The molecule has 2 rings (SSSR count). The summed E-state index contributed by atoms with van der Waals surface area (Å²) in [6, 6.07) is 3.14. The first kappa shape index (κ1) is 11.8. The molecule has 1 aromatic rings. The van der Waals surface area contributed by atoms with Crippen LogP contribution in [-0.2, 0) is 4.74 Å². The minimum atomic E-state index is -0.640. The van der Waals surface area contributed by atoms with Crippen LogP contribution in [0.2, 0.25) is 0 Å². The number of hydrogen-bond acceptors (Lipinski definition) is 2. The number of rotatable bonds is 3. The highest BCUT2D eigenvalue weighted by Crippen LogP contribution is 2.34. The fourth-order valence-electron chi connectivity index (χ4n) is 1.71. The second-order valence-corrected chi connectivity index (χ2v) is 4.89. The van der Waals surface area contributed by atoms with Gasteiger partial charge >= 0.3 is 0 Å². The Hall–Kier alpha value is -0.680. The zero-order chi connectivity index (χ0) is 11.7. The summed E-state index contributed by atoms with van der Waals surface area (Å²) in [6.45, 7) is 0. The summed E-state index contributed by atoms with van der Waals surface area (Å²) in [5, 5.41) is 0. The van der Waals surface area contributed by atoms with Crippen molar-refractivity contribution < 1.29 is 18.3 Å². The van der Waals surface area contributed by atoms with E-state index in [1.165, 1.54) is 0 Å². The Labute approximate surface area is 101 Å². The zero-order valence-electron chi connectivity index (χ0n) is 8.62. The third-order valence-electron chi connectivity index (χ3n) is 2.58. The van der Waals surface area contributed by atoms with E-state index in [0.717, 1.165) is 24.6 Å². The summed E-state index contributed by atoms with van der Waals surface area (Å²) in [4.78, 5) is 0.237. The minimum Gasteiger partial charge on any atom is -0.487 e. The molecular weight excluding hydrogens is 282 g/mol. The first-order valence-electron chi connectivity index (χ1n) is 4.90. The quantitative estimate of drug-likeness (QED) is 0.798. The van der Waals surface area contributed by atoms with Gasteiger partial charge in [-0.15, -0.1) is 0 Å². The van der Waals surface area contributed by atoms with Gasteiger partial charge in [0.05, 0.1) is 0 Å². The van der Waals surface area contributed by atoms with Gasteiger partial charge in [0.2, 0.25) is 0 Å². The average Bonchev–Trinajstić information content (AvgIpc) is 2.15. The van der Waals surface area contributed by atoms with E-state index in [1.807, 2.05) is 0 Å². The number of halogens is 3. The van der Waals surface area contributed by atoms with Gasteiger partial charge in [0.25, 0.3) is 0 Å². The number of methoxy groups -OCH3 is 1. The normalized spacial score (nSPS) is 28.6. The van der Waals surface area contributed by atoms with Crippen molar-refractivity contribution in [1.29, 1.82) is 0 Å². The Morgan fingerprint density at radius 2 is 1.88 bits per heavy atom. The summed E-state index contributed by atoms with van der Waals surface area (Å²) in [5.41, 5.74) is 0. The number of ether oxygens (including phenoxy) is 2. The van der Waals surface area contributed by atoms with Crippen molar-refractivity contribution in [2.24, 2.45) is 0 Å². The van der Waals surface area contributed by atoms with E-state index in [9.17, 15) is 8.78 Å². The lowest BCUT2D eigenvalue weighted by atomic mass is 9.91. The van der Waals surface area contributed by atoms with Crippen LogP contribution in [0.3, 0.4) is 0 Å². The summed E-state index contributed by atoms with van der Waals surface area (Å²) in [5.74, 6) is -1.08. The lowest BCUT2D eigenvalue weighted by Crippen LogP contribution is -2.51. The van der Waals surface area contributed by atoms with Crippen molar-refractivity contribution in [3.05, 3.63) is 29.8 Å². The van der Waals surface area contributed by atoms with Crippen LogP contribution in [0, 0.1) is 11.6 Å². The molecule has 88 valence electrons. The Balaban J connectivity index is 2.04. The van der Waals surface area contributed by atoms with E-state index in [1.54, 1.807) is 7.11 Å². The van der Waals surface area contributed by atoms with Crippen molar-refractivity contribution in [3.63, 3.8) is 0 Å². The van der Waals surface area contributed by atoms with E-state index >= 15 is 0 Å². The molecule has 1 aliphatic carbocycles. The molecule has 0 bridgehead atoms. The van der Waals surface area contributed by atoms with Crippen LogP contribution in [0.5, 0.6) is 5.75 Å². The van der Waals surface area contributed by atoms with Crippen molar-refractivity contribution in [2.45, 2.75) is 23.5 Å². The maximum Gasteiger partial charge on any atom is 0.129 e. The zero-order valence-corrected chi connectivity index (χ0v) is 10.2. The topological polar surface area (TPSA) is 18.5 Å². The van der Waals surface area contributed by atoms with Crippen molar-refractivity contribution >= 4 is 15.9 Å². The fraction of sp³-hybridized carbons (Fsp3) is 0.455. The van der Waals surface area contributed by atoms with Crippen molar-refractivity contribution in [3.8, 4) is 5.75 Å². The van der Waals surface area contributed by atoms with Gasteiger partial charge < -0.3 is 9.47 Å². The molecule has 1 aromatic carbocycles. The smallest absolute Gasteiger partial charge is 0.129 e. The summed E-state index contributed by atoms with van der Waals surface area (Å²) >= 11 is 3.42. The van der Waals surface area contributed by atoms with Gasteiger partial charge in [-0.05, 0) is 0 Å². The number of benzene rings is 1. The molecule has 16 heavy (non-hydrogen) atoms. The van der Waals surface area contributed by atoms with Crippen molar-refractivity contribution in [2.75, 3.05) is 7.11 Å². The SMILES string of the molecule is COC1C(Br)CC1Oc1cc(F)cc(F)c1. The summed E-state index contributed by atoms with van der Waals surface area (Å²) in [7, 11) is 1.58. The molecule has 3 atom stereocenters. The van der Waals surface area contributed by atoms with Gasteiger partial charge in [-0.1, -0.05) is 15.9 Å². The standard InChI is InChI=1S/C11H11BrF2O2/c1-15-11-9(12)5-10(11)16-8-3-6(13)2-7(14)4-8/h2-4,9-11H,5H2,1H3. The van der Waals surface area contributed by atoms with Crippen LogP contribution < -0.4 is 4.74 Å². The van der Waals surface area contributed by atoms with Gasteiger partial charge in [0.15, 0.2) is 0 Å². The molecule has 3 unspecified atom stereocenters. The lowest BCUT2D eigenvalue weighted by molar-refractivity contribution is -0.0546. The van der Waals surface area contributed by atoms with Crippen LogP contribution in [0.25, 0.3) is 0 Å². The highest BCUT2D eigenvalue weighted by molar-refractivity contribution is 9.09. The number of hydrogen-bond donors (Lipinski definition) is 0. The molecule has 0 aromatic heterocycles. The van der Waals surface area contributed by atoms with E-state index < -0.39 is 11.6 Å². The third kappa shape index (κ3) is 2.35. The molecule has 0 spiro atoms. The molecule has 1 aliphatic rings. The Morgan fingerprint density at radius 3 is 2.38 bits per heavy atom. The largest absolute Gasteiger partial charge is 0.487 e. The van der Waals surface area contributed by atoms with Crippen LogP contribution in [0.15, 0.2) is 18.2 Å². The Morgan fingerprint density at radius 1 is 1.25 bits per heavy atom. The molecule has 5 heteroatoms. The highest BCUT2D eigenvalue weighted by atomic mass is 79.9. The first-order valence-corrected chi connectivity index (χ1v) is 5.81. The monoisotopic (exact) mass is 292 g/mol. The van der Waals surface area contributed by atoms with Gasteiger partial charge in [0.1, 0.15) is 29.6 Å². The minimum absolute atomic E-state index is 0.0775. The average molecular weight is 293 g/mol. The lowest BCUT2D eigenvalue weighted by Gasteiger charge is -2.40.